The molecule has 62 heavy (non-hydrogen) atoms. The molecule has 4 fully saturated rings. The number of sulfone groups is 1. The van der Waals surface area contributed by atoms with Crippen LogP contribution in [0.2, 0.25) is 5.02 Å². The van der Waals surface area contributed by atoms with E-state index < -0.39 is 38.5 Å². The number of halogens is 2. The smallest absolute Gasteiger partial charge is 0.329 e. The van der Waals surface area contributed by atoms with Gasteiger partial charge in [0.05, 0.1) is 21.3 Å². The lowest BCUT2D eigenvalue weighted by atomic mass is 9.63. The summed E-state index contributed by atoms with van der Waals surface area (Å²) in [7, 11) is -2.03. The lowest BCUT2D eigenvalue weighted by Crippen LogP contribution is -2.52. The van der Waals surface area contributed by atoms with Crippen LogP contribution >= 0.6 is 11.6 Å². The Morgan fingerprint density at radius 1 is 1.00 bits per heavy atom. The third-order valence-electron chi connectivity index (χ3n) is 13.9. The van der Waals surface area contributed by atoms with Gasteiger partial charge in [-0.3, -0.25) is 33.4 Å². The Bertz CT molecular complexity index is 2870. The fourth-order valence-electron chi connectivity index (χ4n) is 10.2. The van der Waals surface area contributed by atoms with E-state index in [1.165, 1.54) is 20.7 Å². The number of carbonyl (C=O) groups excluding carboxylic acids is 2. The minimum Gasteiger partial charge on any atom is -0.369 e. The summed E-state index contributed by atoms with van der Waals surface area (Å²) in [4.78, 5) is 64.2. The van der Waals surface area contributed by atoms with Gasteiger partial charge in [0.25, 0.3) is 5.56 Å². The third-order valence-corrected chi connectivity index (χ3v) is 16.2. The van der Waals surface area contributed by atoms with Crippen molar-refractivity contribution in [2.75, 3.05) is 42.9 Å². The van der Waals surface area contributed by atoms with Crippen molar-refractivity contribution in [3.8, 4) is 0 Å². The van der Waals surface area contributed by atoms with Crippen LogP contribution in [0.4, 0.5) is 21.7 Å². The second-order valence-electron chi connectivity index (χ2n) is 18.1. The predicted molar refractivity (Wildman–Crippen MR) is 235 cm³/mol. The Morgan fingerprint density at radius 2 is 1.73 bits per heavy atom. The highest BCUT2D eigenvalue weighted by atomic mass is 35.5. The quantitative estimate of drug-likeness (QED) is 0.172. The highest BCUT2D eigenvalue weighted by Gasteiger charge is 2.51. The summed E-state index contributed by atoms with van der Waals surface area (Å²) in [6.45, 7) is 9.77. The molecule has 1 spiro atoms. The van der Waals surface area contributed by atoms with Crippen molar-refractivity contribution >= 4 is 72.6 Å². The summed E-state index contributed by atoms with van der Waals surface area (Å²) in [5.41, 5.74) is 1.99. The van der Waals surface area contributed by atoms with Gasteiger partial charge in [0, 0.05) is 56.4 Å². The molecule has 6 heterocycles. The number of aryl methyl sites for hydroxylation is 2. The molecule has 1 aliphatic carbocycles. The number of anilines is 3. The molecule has 3 aliphatic heterocycles. The topological polar surface area (TPSA) is 174 Å². The van der Waals surface area contributed by atoms with Gasteiger partial charge >= 0.3 is 5.69 Å². The molecule has 15 nitrogen and oxygen atoms in total. The lowest BCUT2D eigenvalue weighted by Gasteiger charge is -2.52. The number of likely N-dealkylation sites (tertiary alicyclic amines) is 1. The van der Waals surface area contributed by atoms with Crippen molar-refractivity contribution in [1.82, 2.24) is 33.9 Å². The molecule has 2 aromatic carbocycles. The Kier molecular flexibility index (Phi) is 10.8. The van der Waals surface area contributed by atoms with E-state index >= 15 is 4.39 Å². The average molecular weight is 888 g/mol. The summed E-state index contributed by atoms with van der Waals surface area (Å²) >= 11 is 6.17. The summed E-state index contributed by atoms with van der Waals surface area (Å²) in [6, 6.07) is 9.00. The maximum absolute atomic E-state index is 16.2. The van der Waals surface area contributed by atoms with Crippen molar-refractivity contribution in [2.24, 2.45) is 18.4 Å². The van der Waals surface area contributed by atoms with Gasteiger partial charge < -0.3 is 15.1 Å². The highest BCUT2D eigenvalue weighted by molar-refractivity contribution is 7.92. The molecule has 1 saturated carbocycles. The number of benzene rings is 2. The van der Waals surface area contributed by atoms with Crippen molar-refractivity contribution in [3.63, 3.8) is 0 Å². The first-order chi connectivity index (χ1) is 29.5. The number of imide groups is 1. The second-order valence-corrected chi connectivity index (χ2v) is 20.7. The zero-order chi connectivity index (χ0) is 43.8. The summed E-state index contributed by atoms with van der Waals surface area (Å²) in [6.07, 6.45) is 6.95. The monoisotopic (exact) mass is 887 g/mol. The van der Waals surface area contributed by atoms with E-state index in [2.05, 4.69) is 25.5 Å². The zero-order valence-corrected chi connectivity index (χ0v) is 36.9. The van der Waals surface area contributed by atoms with Gasteiger partial charge in [-0.15, -0.1) is 0 Å². The molecular weight excluding hydrogens is 837 g/mol. The first-order valence-corrected chi connectivity index (χ1v) is 23.4. The Balaban J connectivity index is 0.776. The standard InChI is InChI=1S/C44H51ClFN9O6S/c1-25(2)54-39-28(20-31(45)41(54)58)23-47-42(50-39)48-32-6-5-29(19-26(32)3)62(60,61)30-21-44(22-30)13-17-52(18-14-44)24-27-11-15-53(16-12-27)33-7-8-34-38(37(33)46)51(4)43(59)55(34)35-9-10-36(56)49-40(35)57/h5-8,19-20,23,25,27,30,35H,9-18,21-22,24H2,1-4H3,(H,47,48,50)(H,49,56,57). The highest BCUT2D eigenvalue weighted by Crippen LogP contribution is 2.53. The Morgan fingerprint density at radius 3 is 2.40 bits per heavy atom. The van der Waals surface area contributed by atoms with Gasteiger partial charge in [-0.25, -0.2) is 22.6 Å². The fraction of sp³-hybridized carbons (Fsp3) is 0.500. The first kappa shape index (κ1) is 42.2. The lowest BCUT2D eigenvalue weighted by molar-refractivity contribution is -0.135. The minimum absolute atomic E-state index is 0.0377. The van der Waals surface area contributed by atoms with Crippen molar-refractivity contribution in [1.29, 1.82) is 0 Å². The summed E-state index contributed by atoms with van der Waals surface area (Å²) in [5.74, 6) is -0.684. The molecule has 18 heteroatoms. The van der Waals surface area contributed by atoms with Crippen LogP contribution in [0.3, 0.4) is 0 Å². The van der Waals surface area contributed by atoms with Crippen molar-refractivity contribution in [2.45, 2.75) is 94.4 Å². The van der Waals surface area contributed by atoms with Crippen molar-refractivity contribution in [3.05, 3.63) is 79.8 Å². The predicted octanol–water partition coefficient (Wildman–Crippen LogP) is 5.78. The largest absolute Gasteiger partial charge is 0.369 e. The van der Waals surface area contributed by atoms with Gasteiger partial charge in [0.2, 0.25) is 17.8 Å². The number of imidazole rings is 1. The molecule has 0 radical (unpaired) electrons. The average Bonchev–Trinajstić information content (AvgIpc) is 3.48. The summed E-state index contributed by atoms with van der Waals surface area (Å²) in [5, 5.41) is 5.81. The normalized spacial score (nSPS) is 20.4. The van der Waals surface area contributed by atoms with E-state index in [4.69, 9.17) is 11.6 Å². The maximum Gasteiger partial charge on any atom is 0.329 e. The SMILES string of the molecule is Cc1cc(S(=O)(=O)C2CC3(CCN(CC4CCN(c5ccc6c(c5F)n(C)c(=O)n6C5CCC(=O)NC5=O)CC4)CC3)C2)ccc1Nc1ncc2cc(Cl)c(=O)n(C(C)C)c2n1. The molecule has 4 aliphatic rings. The van der Waals surface area contributed by atoms with E-state index in [0.717, 1.165) is 50.9 Å². The van der Waals surface area contributed by atoms with Gasteiger partial charge in [0.15, 0.2) is 15.7 Å². The van der Waals surface area contributed by atoms with Gasteiger partial charge in [-0.05, 0) is 132 Å². The minimum atomic E-state index is -3.53. The van der Waals surface area contributed by atoms with E-state index in [0.29, 0.717) is 64.7 Å². The molecule has 328 valence electrons. The molecule has 3 saturated heterocycles. The number of hydrogen-bond acceptors (Lipinski definition) is 11. The van der Waals surface area contributed by atoms with Crippen LogP contribution < -0.4 is 26.8 Å². The fourth-order valence-corrected chi connectivity index (χ4v) is 12.6. The van der Waals surface area contributed by atoms with Crippen LogP contribution in [0, 0.1) is 24.1 Å². The number of hydrogen-bond donors (Lipinski definition) is 2. The van der Waals surface area contributed by atoms with Crippen LogP contribution in [0.1, 0.15) is 82.9 Å². The number of fused-ring (bicyclic) bond motifs is 2. The number of amides is 2. The van der Waals surface area contributed by atoms with E-state index in [-0.39, 0.29) is 52.3 Å². The zero-order valence-electron chi connectivity index (χ0n) is 35.3. The maximum atomic E-state index is 16.2. The molecule has 1 atom stereocenters. The van der Waals surface area contributed by atoms with Gasteiger partial charge in [-0.2, -0.15) is 4.98 Å². The number of carbonyl (C=O) groups is 2. The number of pyridine rings is 1. The van der Waals surface area contributed by atoms with E-state index in [1.54, 1.807) is 42.6 Å². The van der Waals surface area contributed by atoms with Gasteiger partial charge in [-0.1, -0.05) is 11.6 Å². The van der Waals surface area contributed by atoms with Gasteiger partial charge in [0.1, 0.15) is 22.2 Å². The number of aromatic nitrogens is 5. The van der Waals surface area contributed by atoms with Crippen LogP contribution in [0.25, 0.3) is 22.1 Å². The molecule has 2 amide bonds. The molecule has 5 aromatic rings. The van der Waals surface area contributed by atoms with Crippen LogP contribution in [0.5, 0.6) is 0 Å². The molecule has 0 bridgehead atoms. The second kappa shape index (κ2) is 15.9. The Labute approximate surface area is 363 Å². The molecule has 9 rings (SSSR count). The number of rotatable bonds is 9. The Hall–Kier alpha value is -5.13. The van der Waals surface area contributed by atoms with Crippen LogP contribution in [0.15, 0.2) is 57.1 Å². The van der Waals surface area contributed by atoms with E-state index in [9.17, 15) is 27.6 Å². The molecule has 1 unspecified atom stereocenters. The third kappa shape index (κ3) is 7.38. The van der Waals surface area contributed by atoms with Crippen LogP contribution in [-0.4, -0.2) is 86.8 Å². The molecule has 2 N–H and O–H groups in total. The molecular formula is C44H51ClFN9O6S. The van der Waals surface area contributed by atoms with Crippen molar-refractivity contribution < 1.29 is 22.4 Å². The number of nitrogens with one attached hydrogen (secondary N) is 2. The number of nitrogens with zero attached hydrogens (tertiary/aromatic N) is 7. The first-order valence-electron chi connectivity index (χ1n) is 21.4. The molecule has 3 aromatic heterocycles. The van der Waals surface area contributed by atoms with E-state index in [1.807, 2.05) is 25.7 Å². The number of piperidine rings is 3. The summed E-state index contributed by atoms with van der Waals surface area (Å²) < 4.78 is 48.0. The van der Waals surface area contributed by atoms with Crippen LogP contribution in [-0.2, 0) is 26.5 Å².